The van der Waals surface area contributed by atoms with Crippen LogP contribution in [0.1, 0.15) is 0 Å². The number of pyridine rings is 1. The molecule has 0 saturated carbocycles. The molecule has 3 aromatic rings. The quantitative estimate of drug-likeness (QED) is 0.629. The van der Waals surface area contributed by atoms with Crippen LogP contribution in [-0.4, -0.2) is 19.9 Å². The molecule has 0 atom stereocenters. The molecule has 0 aromatic carbocycles. The maximum Gasteiger partial charge on any atom is 0.197 e. The molecular formula is C11H8N4S. The number of hydrogen-bond donors (Lipinski definition) is 2. The third-order valence-corrected chi connectivity index (χ3v) is 2.63. The Balaban J connectivity index is 2.33. The van der Waals surface area contributed by atoms with Crippen molar-refractivity contribution in [1.29, 1.82) is 0 Å². The Morgan fingerprint density at radius 1 is 1.06 bits per heavy atom. The van der Waals surface area contributed by atoms with E-state index in [0.717, 1.165) is 22.3 Å². The lowest BCUT2D eigenvalue weighted by Gasteiger charge is -2.02. The van der Waals surface area contributed by atoms with Crippen molar-refractivity contribution in [3.63, 3.8) is 0 Å². The highest BCUT2D eigenvalue weighted by Crippen LogP contribution is 2.24. The summed E-state index contributed by atoms with van der Waals surface area (Å²) in [6.07, 6.45) is 5.34. The number of H-pyrrole nitrogens is 2. The number of hydrogen-bond acceptors (Lipinski definition) is 3. The largest absolute Gasteiger partial charge is 0.346 e. The molecule has 0 aliphatic carbocycles. The van der Waals surface area contributed by atoms with Crippen LogP contribution < -0.4 is 0 Å². The summed E-state index contributed by atoms with van der Waals surface area (Å²) in [5.74, 6) is 0. The standard InChI is InChI=1S/C11H8N4S/c16-11-14-6-3-9(15-11)7-1-4-12-10-8(7)2-5-13-10/h1-6H,(H,12,13)(H,14,15,16). The molecule has 4 nitrogen and oxygen atoms in total. The van der Waals surface area contributed by atoms with Crippen LogP contribution in [0.25, 0.3) is 22.3 Å². The number of aromatic nitrogens is 4. The zero-order valence-corrected chi connectivity index (χ0v) is 9.08. The molecule has 0 fully saturated rings. The summed E-state index contributed by atoms with van der Waals surface area (Å²) < 4.78 is 0.484. The number of nitrogens with one attached hydrogen (secondary N) is 2. The van der Waals surface area contributed by atoms with E-state index in [1.54, 1.807) is 12.4 Å². The lowest BCUT2D eigenvalue weighted by Crippen LogP contribution is -1.87. The topological polar surface area (TPSA) is 57.4 Å². The van der Waals surface area contributed by atoms with Gasteiger partial charge in [0.2, 0.25) is 0 Å². The normalized spacial score (nSPS) is 10.8. The average molecular weight is 228 g/mol. The summed E-state index contributed by atoms with van der Waals surface area (Å²) in [6, 6.07) is 5.85. The lowest BCUT2D eigenvalue weighted by atomic mass is 10.1. The van der Waals surface area contributed by atoms with E-state index < -0.39 is 0 Å². The Labute approximate surface area is 96.4 Å². The third kappa shape index (κ3) is 1.42. The van der Waals surface area contributed by atoms with E-state index >= 15 is 0 Å². The van der Waals surface area contributed by atoms with Crippen LogP contribution in [0, 0.1) is 4.77 Å². The first-order valence-corrected chi connectivity index (χ1v) is 5.23. The van der Waals surface area contributed by atoms with Crippen LogP contribution in [0.4, 0.5) is 0 Å². The van der Waals surface area contributed by atoms with Gasteiger partial charge in [-0.15, -0.1) is 0 Å². The maximum absolute atomic E-state index is 5.01. The van der Waals surface area contributed by atoms with E-state index in [2.05, 4.69) is 19.9 Å². The maximum atomic E-state index is 5.01. The van der Waals surface area contributed by atoms with Crippen molar-refractivity contribution in [2.45, 2.75) is 0 Å². The molecule has 3 heterocycles. The summed E-state index contributed by atoms with van der Waals surface area (Å²) >= 11 is 5.01. The second-order valence-electron chi connectivity index (χ2n) is 3.39. The van der Waals surface area contributed by atoms with Gasteiger partial charge < -0.3 is 9.97 Å². The fourth-order valence-corrected chi connectivity index (χ4v) is 1.89. The molecule has 0 radical (unpaired) electrons. The number of rotatable bonds is 1. The van der Waals surface area contributed by atoms with Crippen LogP contribution in [0.2, 0.25) is 0 Å². The second-order valence-corrected chi connectivity index (χ2v) is 3.77. The molecule has 5 heteroatoms. The summed E-state index contributed by atoms with van der Waals surface area (Å²) in [5, 5.41) is 1.07. The zero-order chi connectivity index (χ0) is 11.0. The first kappa shape index (κ1) is 9.23. The number of aromatic amines is 2. The molecule has 0 aliphatic heterocycles. The Morgan fingerprint density at radius 2 is 1.94 bits per heavy atom. The number of nitrogens with zero attached hydrogens (tertiary/aromatic N) is 2. The molecule has 0 bridgehead atoms. The summed E-state index contributed by atoms with van der Waals surface area (Å²) in [6.45, 7) is 0. The van der Waals surface area contributed by atoms with E-state index in [1.807, 2.05) is 24.4 Å². The Morgan fingerprint density at radius 3 is 2.81 bits per heavy atom. The number of fused-ring (bicyclic) bond motifs is 1. The first-order chi connectivity index (χ1) is 7.84. The van der Waals surface area contributed by atoms with Gasteiger partial charge in [-0.2, -0.15) is 0 Å². The Bertz CT molecular complexity index is 698. The van der Waals surface area contributed by atoms with Crippen molar-refractivity contribution in [2.75, 3.05) is 0 Å². The van der Waals surface area contributed by atoms with Crippen molar-refractivity contribution in [2.24, 2.45) is 0 Å². The van der Waals surface area contributed by atoms with Gasteiger partial charge in [0.25, 0.3) is 0 Å². The van der Waals surface area contributed by atoms with Crippen LogP contribution in [0.15, 0.2) is 36.8 Å². The highest BCUT2D eigenvalue weighted by atomic mass is 32.1. The molecule has 3 aromatic heterocycles. The van der Waals surface area contributed by atoms with Crippen molar-refractivity contribution in [3.05, 3.63) is 41.6 Å². The van der Waals surface area contributed by atoms with Gasteiger partial charge in [-0.05, 0) is 30.4 Å². The Kier molecular flexibility index (Phi) is 2.04. The fraction of sp³-hybridized carbons (Fsp3) is 0. The van der Waals surface area contributed by atoms with E-state index in [-0.39, 0.29) is 0 Å². The van der Waals surface area contributed by atoms with Crippen LogP contribution in [-0.2, 0) is 0 Å². The highest BCUT2D eigenvalue weighted by molar-refractivity contribution is 7.71. The van der Waals surface area contributed by atoms with E-state index in [4.69, 9.17) is 12.2 Å². The van der Waals surface area contributed by atoms with Gasteiger partial charge >= 0.3 is 0 Å². The van der Waals surface area contributed by atoms with Gasteiger partial charge in [0.1, 0.15) is 5.65 Å². The van der Waals surface area contributed by atoms with Crippen molar-refractivity contribution >= 4 is 23.3 Å². The van der Waals surface area contributed by atoms with Crippen molar-refractivity contribution < 1.29 is 0 Å². The van der Waals surface area contributed by atoms with E-state index in [1.165, 1.54) is 0 Å². The molecule has 0 unspecified atom stereocenters. The predicted octanol–water partition coefficient (Wildman–Crippen LogP) is 2.68. The molecule has 16 heavy (non-hydrogen) atoms. The molecule has 0 amide bonds. The summed E-state index contributed by atoms with van der Waals surface area (Å²) in [4.78, 5) is 14.4. The van der Waals surface area contributed by atoms with Gasteiger partial charge in [-0.3, -0.25) is 0 Å². The molecule has 78 valence electrons. The van der Waals surface area contributed by atoms with Crippen LogP contribution in [0.5, 0.6) is 0 Å². The van der Waals surface area contributed by atoms with Crippen molar-refractivity contribution in [3.8, 4) is 11.3 Å². The summed E-state index contributed by atoms with van der Waals surface area (Å²) in [7, 11) is 0. The lowest BCUT2D eigenvalue weighted by molar-refractivity contribution is 1.14. The van der Waals surface area contributed by atoms with Crippen LogP contribution in [0.3, 0.4) is 0 Å². The van der Waals surface area contributed by atoms with Gasteiger partial charge in [-0.1, -0.05) is 0 Å². The molecular weight excluding hydrogens is 220 g/mol. The fourth-order valence-electron chi connectivity index (χ4n) is 1.72. The van der Waals surface area contributed by atoms with Gasteiger partial charge in [0, 0.05) is 35.2 Å². The second kappa shape index (κ2) is 3.53. The first-order valence-electron chi connectivity index (χ1n) is 4.82. The SMILES string of the molecule is S=c1nccc(-c2ccnc3[nH]ccc23)[nH]1. The molecule has 0 aliphatic rings. The molecule has 0 spiro atoms. The minimum atomic E-state index is 0.484. The molecule has 0 saturated heterocycles. The van der Waals surface area contributed by atoms with Gasteiger partial charge in [-0.25, -0.2) is 9.97 Å². The smallest absolute Gasteiger partial charge is 0.197 e. The van der Waals surface area contributed by atoms with Gasteiger partial charge in [0.05, 0.1) is 0 Å². The minimum Gasteiger partial charge on any atom is -0.346 e. The highest BCUT2D eigenvalue weighted by Gasteiger charge is 2.04. The van der Waals surface area contributed by atoms with Crippen LogP contribution >= 0.6 is 12.2 Å². The van der Waals surface area contributed by atoms with Gasteiger partial charge in [0.15, 0.2) is 4.77 Å². The monoisotopic (exact) mass is 228 g/mol. The molecule has 2 N–H and O–H groups in total. The predicted molar refractivity (Wildman–Crippen MR) is 64.5 cm³/mol. The minimum absolute atomic E-state index is 0.484. The average Bonchev–Trinajstić information content (AvgIpc) is 2.76. The third-order valence-electron chi connectivity index (χ3n) is 2.42. The van der Waals surface area contributed by atoms with E-state index in [9.17, 15) is 0 Å². The van der Waals surface area contributed by atoms with Crippen molar-refractivity contribution in [1.82, 2.24) is 19.9 Å². The Hall–Kier alpha value is -2.01. The zero-order valence-electron chi connectivity index (χ0n) is 8.27. The molecule has 3 rings (SSSR count). The summed E-state index contributed by atoms with van der Waals surface area (Å²) in [5.41, 5.74) is 2.89. The van der Waals surface area contributed by atoms with E-state index in [0.29, 0.717) is 4.77 Å².